The maximum atomic E-state index is 14.2. The summed E-state index contributed by atoms with van der Waals surface area (Å²) in [6, 6.07) is 4.11. The SMILES string of the molecule is O=C(CNC(=O)c1ccc(C=CC2=NOC(c3cc(Cl)cc(C(F)(F)F)c3)(C(F)(F)F)C2)n2cncc12)NCC(F)(F)F. The van der Waals surface area contributed by atoms with Gasteiger partial charge in [-0.25, -0.2) is 4.98 Å². The third-order valence-corrected chi connectivity index (χ3v) is 6.32. The van der Waals surface area contributed by atoms with Gasteiger partial charge in [-0.05, 0) is 42.5 Å². The first-order valence-electron chi connectivity index (χ1n) is 11.8. The predicted molar refractivity (Wildman–Crippen MR) is 133 cm³/mol. The maximum Gasteiger partial charge on any atom is 0.435 e. The number of carbonyl (C=O) groups excluding carboxylic acids is 2. The van der Waals surface area contributed by atoms with Crippen LogP contribution in [-0.4, -0.2) is 52.4 Å². The van der Waals surface area contributed by atoms with Gasteiger partial charge in [-0.1, -0.05) is 16.8 Å². The molecule has 0 saturated carbocycles. The number of carbonyl (C=O) groups is 2. The van der Waals surface area contributed by atoms with Crippen molar-refractivity contribution in [2.45, 2.75) is 30.6 Å². The van der Waals surface area contributed by atoms with E-state index in [0.717, 1.165) is 6.08 Å². The lowest BCUT2D eigenvalue weighted by molar-refractivity contribution is -0.276. The topological polar surface area (TPSA) is 97.1 Å². The fraction of sp³-hybridized carbons (Fsp3) is 0.280. The molecule has 3 heterocycles. The van der Waals surface area contributed by atoms with Crippen LogP contribution in [0.5, 0.6) is 0 Å². The summed E-state index contributed by atoms with van der Waals surface area (Å²) in [5, 5.41) is 6.62. The van der Waals surface area contributed by atoms with Crippen LogP contribution in [0.15, 0.2) is 54.1 Å². The fourth-order valence-corrected chi connectivity index (χ4v) is 4.30. The highest BCUT2D eigenvalue weighted by Gasteiger charge is 2.62. The number of rotatable bonds is 7. The van der Waals surface area contributed by atoms with E-state index in [1.165, 1.54) is 35.1 Å². The molecule has 3 aromatic rings. The van der Waals surface area contributed by atoms with Crippen molar-refractivity contribution in [1.82, 2.24) is 20.0 Å². The number of benzene rings is 1. The van der Waals surface area contributed by atoms with Gasteiger partial charge in [-0.2, -0.15) is 39.5 Å². The van der Waals surface area contributed by atoms with Gasteiger partial charge in [0.25, 0.3) is 11.5 Å². The summed E-state index contributed by atoms with van der Waals surface area (Å²) in [4.78, 5) is 32.8. The van der Waals surface area contributed by atoms with E-state index in [-0.39, 0.29) is 22.5 Å². The summed E-state index contributed by atoms with van der Waals surface area (Å²) in [5.41, 5.74) is -5.44. The molecule has 4 rings (SSSR count). The van der Waals surface area contributed by atoms with Gasteiger partial charge in [-0.15, -0.1) is 0 Å². The molecular weight excluding hydrogens is 625 g/mol. The Morgan fingerprint density at radius 3 is 2.40 bits per heavy atom. The quantitative estimate of drug-likeness (QED) is 0.326. The summed E-state index contributed by atoms with van der Waals surface area (Å²) in [7, 11) is 0. The number of hydrogen-bond acceptors (Lipinski definition) is 5. The largest absolute Gasteiger partial charge is 0.435 e. The number of pyridine rings is 1. The highest BCUT2D eigenvalue weighted by atomic mass is 35.5. The second kappa shape index (κ2) is 11.4. The molecule has 43 heavy (non-hydrogen) atoms. The molecule has 0 radical (unpaired) electrons. The zero-order valence-corrected chi connectivity index (χ0v) is 21.9. The molecule has 1 aromatic carbocycles. The van der Waals surface area contributed by atoms with Crippen LogP contribution in [0.1, 0.15) is 33.6 Å². The zero-order chi connectivity index (χ0) is 31.8. The van der Waals surface area contributed by atoms with E-state index in [0.29, 0.717) is 18.2 Å². The van der Waals surface area contributed by atoms with Crippen LogP contribution in [0.25, 0.3) is 11.6 Å². The monoisotopic (exact) mass is 641 g/mol. The van der Waals surface area contributed by atoms with Crippen molar-refractivity contribution in [2.75, 3.05) is 13.1 Å². The molecule has 18 heteroatoms. The number of halogens is 10. The van der Waals surface area contributed by atoms with E-state index >= 15 is 0 Å². The lowest BCUT2D eigenvalue weighted by Crippen LogP contribution is -2.42. The molecule has 2 aromatic heterocycles. The molecular formula is C25H17ClF9N5O3. The molecule has 1 aliphatic heterocycles. The average Bonchev–Trinajstić information content (AvgIpc) is 3.56. The van der Waals surface area contributed by atoms with Gasteiger partial charge in [0, 0.05) is 22.7 Å². The summed E-state index contributed by atoms with van der Waals surface area (Å²) < 4.78 is 120. The van der Waals surface area contributed by atoms with Crippen molar-refractivity contribution in [3.63, 3.8) is 0 Å². The Kier molecular flexibility index (Phi) is 8.41. The van der Waals surface area contributed by atoms with Gasteiger partial charge < -0.3 is 15.5 Å². The van der Waals surface area contributed by atoms with Crippen LogP contribution in [0.3, 0.4) is 0 Å². The lowest BCUT2D eigenvalue weighted by Gasteiger charge is -2.30. The van der Waals surface area contributed by atoms with Crippen LogP contribution in [0.4, 0.5) is 39.5 Å². The molecule has 230 valence electrons. The number of fused-ring (bicyclic) bond motifs is 1. The number of nitrogens with one attached hydrogen (secondary N) is 2. The summed E-state index contributed by atoms with van der Waals surface area (Å²) in [6.45, 7) is -2.33. The van der Waals surface area contributed by atoms with E-state index in [1.807, 2.05) is 0 Å². The number of alkyl halides is 9. The minimum absolute atomic E-state index is 0.0303. The standard InChI is InChI=1S/C25H17ClF9N5O3/c26-15-6-13(5-14(7-15)24(30,31)32)22(25(33,34)35)8-16(39-43-22)1-2-17-3-4-18(19-9-36-12-40(17)19)21(42)37-10-20(41)38-11-23(27,28)29/h1-7,9,12H,8,10-11H2,(H,37,42)(H,38,41). The van der Waals surface area contributed by atoms with Crippen LogP contribution >= 0.6 is 11.6 Å². The molecule has 0 saturated heterocycles. The van der Waals surface area contributed by atoms with Crippen molar-refractivity contribution < 1.29 is 53.9 Å². The van der Waals surface area contributed by atoms with Crippen molar-refractivity contribution >= 4 is 40.7 Å². The van der Waals surface area contributed by atoms with Gasteiger partial charge in [0.1, 0.15) is 6.54 Å². The number of oxime groups is 1. The van der Waals surface area contributed by atoms with Gasteiger partial charge in [0.2, 0.25) is 5.91 Å². The van der Waals surface area contributed by atoms with Crippen LogP contribution in [0.2, 0.25) is 5.02 Å². The van der Waals surface area contributed by atoms with E-state index in [4.69, 9.17) is 16.4 Å². The first-order valence-corrected chi connectivity index (χ1v) is 12.2. The average molecular weight is 642 g/mol. The van der Waals surface area contributed by atoms with E-state index in [2.05, 4.69) is 15.5 Å². The minimum Gasteiger partial charge on any atom is -0.374 e. The van der Waals surface area contributed by atoms with E-state index in [9.17, 15) is 49.1 Å². The number of hydrogen-bond donors (Lipinski definition) is 2. The predicted octanol–water partition coefficient (Wildman–Crippen LogP) is 5.66. The molecule has 8 nitrogen and oxygen atoms in total. The highest BCUT2D eigenvalue weighted by Crippen LogP contribution is 2.49. The Hall–Kier alpha value is -4.28. The molecule has 0 fully saturated rings. The Morgan fingerprint density at radius 2 is 1.74 bits per heavy atom. The van der Waals surface area contributed by atoms with E-state index < -0.39 is 71.6 Å². The Balaban J connectivity index is 1.53. The van der Waals surface area contributed by atoms with Crippen molar-refractivity contribution in [2.24, 2.45) is 5.16 Å². The molecule has 0 spiro atoms. The number of amides is 2. The molecule has 2 amide bonds. The van der Waals surface area contributed by atoms with Gasteiger partial charge in [0.15, 0.2) is 0 Å². The lowest BCUT2D eigenvalue weighted by atomic mass is 9.87. The second-order valence-electron chi connectivity index (χ2n) is 9.13. The summed E-state index contributed by atoms with van der Waals surface area (Å²) in [5.74, 6) is -1.91. The molecule has 0 aliphatic carbocycles. The highest BCUT2D eigenvalue weighted by molar-refractivity contribution is 6.30. The molecule has 2 N–H and O–H groups in total. The van der Waals surface area contributed by atoms with Gasteiger partial charge in [0.05, 0.1) is 41.4 Å². The third-order valence-electron chi connectivity index (χ3n) is 6.10. The first kappa shape index (κ1) is 31.7. The van der Waals surface area contributed by atoms with Crippen molar-refractivity contribution in [3.05, 3.63) is 76.3 Å². The Morgan fingerprint density at radius 1 is 1.02 bits per heavy atom. The summed E-state index contributed by atoms with van der Waals surface area (Å²) >= 11 is 5.70. The van der Waals surface area contributed by atoms with Gasteiger partial charge in [-0.3, -0.25) is 14.0 Å². The number of aromatic nitrogens is 2. The van der Waals surface area contributed by atoms with Crippen LogP contribution in [0, 0.1) is 0 Å². The van der Waals surface area contributed by atoms with Crippen molar-refractivity contribution in [1.29, 1.82) is 0 Å². The number of nitrogens with zero attached hydrogens (tertiary/aromatic N) is 3. The normalized spacial score (nSPS) is 17.7. The maximum absolute atomic E-state index is 14.2. The Bertz CT molecular complexity index is 1610. The molecule has 1 aliphatic rings. The Labute approximate surface area is 240 Å². The number of allylic oxidation sites excluding steroid dienone is 1. The van der Waals surface area contributed by atoms with Crippen LogP contribution in [-0.2, 0) is 21.4 Å². The molecule has 1 unspecified atom stereocenters. The zero-order valence-electron chi connectivity index (χ0n) is 21.2. The summed E-state index contributed by atoms with van der Waals surface area (Å²) in [6.07, 6.45) is -10.9. The fourth-order valence-electron chi connectivity index (χ4n) is 4.06. The first-order chi connectivity index (χ1) is 19.9. The smallest absolute Gasteiger partial charge is 0.374 e. The molecule has 0 bridgehead atoms. The minimum atomic E-state index is -5.20. The van der Waals surface area contributed by atoms with Crippen molar-refractivity contribution in [3.8, 4) is 0 Å². The third kappa shape index (κ3) is 7.03. The molecule has 1 atom stereocenters. The number of imidazole rings is 1. The second-order valence-corrected chi connectivity index (χ2v) is 9.57. The van der Waals surface area contributed by atoms with Crippen LogP contribution < -0.4 is 10.6 Å². The van der Waals surface area contributed by atoms with E-state index in [1.54, 1.807) is 5.32 Å². The van der Waals surface area contributed by atoms with Gasteiger partial charge >= 0.3 is 18.5 Å².